The smallest absolute Gasteiger partial charge is 0.271 e. The summed E-state index contributed by atoms with van der Waals surface area (Å²) in [5.74, 6) is 0. The summed E-state index contributed by atoms with van der Waals surface area (Å²) in [6, 6.07) is 3.95. The second kappa shape index (κ2) is 5.23. The van der Waals surface area contributed by atoms with Gasteiger partial charge in [0.2, 0.25) is 0 Å². The highest BCUT2D eigenvalue weighted by Gasteiger charge is 2.24. The molecule has 1 aromatic carbocycles. The van der Waals surface area contributed by atoms with Crippen molar-refractivity contribution in [3.63, 3.8) is 0 Å². The van der Waals surface area contributed by atoms with E-state index in [2.05, 4.69) is 21.0 Å². The van der Waals surface area contributed by atoms with Crippen molar-refractivity contribution < 1.29 is 13.3 Å². The third kappa shape index (κ3) is 2.84. The molecular formula is C12H12BrN3O4S. The number of rotatable bonds is 3. The van der Waals surface area contributed by atoms with Gasteiger partial charge in [-0.3, -0.25) is 14.8 Å². The van der Waals surface area contributed by atoms with Gasteiger partial charge in [-0.25, -0.2) is 8.42 Å². The molecule has 0 aliphatic carbocycles. The van der Waals surface area contributed by atoms with Gasteiger partial charge in [-0.05, 0) is 35.0 Å². The van der Waals surface area contributed by atoms with Crippen LogP contribution in [0.2, 0.25) is 0 Å². The van der Waals surface area contributed by atoms with E-state index in [1.54, 1.807) is 11.7 Å². The van der Waals surface area contributed by atoms with Gasteiger partial charge in [0, 0.05) is 30.6 Å². The molecule has 0 unspecified atom stereocenters. The maximum Gasteiger partial charge on any atom is 0.288 e. The fourth-order valence-electron chi connectivity index (χ4n) is 1.88. The van der Waals surface area contributed by atoms with E-state index in [4.69, 9.17) is 0 Å². The standard InChI is InChI=1S/C12H12BrN3O4S/c1-7-11(13)12(14-15(7)2)8-4-5-9(16(17)18)10(6-8)21(3,19)20/h4-6H,1-3H3. The van der Waals surface area contributed by atoms with Crippen molar-refractivity contribution >= 4 is 31.5 Å². The molecule has 0 atom stereocenters. The summed E-state index contributed by atoms with van der Waals surface area (Å²) in [6.45, 7) is 1.85. The lowest BCUT2D eigenvalue weighted by atomic mass is 10.1. The summed E-state index contributed by atoms with van der Waals surface area (Å²) in [7, 11) is -1.96. The molecule has 112 valence electrons. The fraction of sp³-hybridized carbons (Fsp3) is 0.250. The van der Waals surface area contributed by atoms with E-state index in [0.717, 1.165) is 16.4 Å². The van der Waals surface area contributed by atoms with Gasteiger partial charge < -0.3 is 0 Å². The van der Waals surface area contributed by atoms with Crippen LogP contribution in [0.3, 0.4) is 0 Å². The Balaban J connectivity index is 2.73. The average Bonchev–Trinajstić information content (AvgIpc) is 2.65. The van der Waals surface area contributed by atoms with Crippen molar-refractivity contribution in [2.45, 2.75) is 11.8 Å². The molecule has 0 aliphatic heterocycles. The van der Waals surface area contributed by atoms with Crippen LogP contribution in [0.5, 0.6) is 0 Å². The Bertz CT molecular complexity index is 842. The summed E-state index contributed by atoms with van der Waals surface area (Å²) in [5.41, 5.74) is 1.46. The highest BCUT2D eigenvalue weighted by molar-refractivity contribution is 9.10. The van der Waals surface area contributed by atoms with Crippen LogP contribution in [0.25, 0.3) is 11.3 Å². The first-order chi connectivity index (χ1) is 9.62. The third-order valence-corrected chi connectivity index (χ3v) is 5.17. The van der Waals surface area contributed by atoms with Crippen LogP contribution in [0.4, 0.5) is 5.69 Å². The van der Waals surface area contributed by atoms with Gasteiger partial charge in [0.05, 0.1) is 9.40 Å². The van der Waals surface area contributed by atoms with Crippen molar-refractivity contribution in [1.82, 2.24) is 9.78 Å². The van der Waals surface area contributed by atoms with Crippen LogP contribution in [0, 0.1) is 17.0 Å². The van der Waals surface area contributed by atoms with Gasteiger partial charge in [0.1, 0.15) is 10.6 Å². The molecule has 7 nitrogen and oxygen atoms in total. The molecule has 0 bridgehead atoms. The Hall–Kier alpha value is -1.74. The summed E-state index contributed by atoms with van der Waals surface area (Å²) >= 11 is 3.39. The minimum atomic E-state index is -3.72. The predicted octanol–water partition coefficient (Wildman–Crippen LogP) is 2.47. The first-order valence-corrected chi connectivity index (χ1v) is 8.49. The highest BCUT2D eigenvalue weighted by atomic mass is 79.9. The summed E-state index contributed by atoms with van der Waals surface area (Å²) in [4.78, 5) is 9.92. The van der Waals surface area contributed by atoms with Crippen LogP contribution >= 0.6 is 15.9 Å². The van der Waals surface area contributed by atoms with E-state index < -0.39 is 20.4 Å². The fourth-order valence-corrected chi connectivity index (χ4v) is 3.30. The third-order valence-electron chi connectivity index (χ3n) is 3.09. The number of hydrogen-bond donors (Lipinski definition) is 0. The van der Waals surface area contributed by atoms with Crippen molar-refractivity contribution in [2.75, 3.05) is 6.26 Å². The number of aryl methyl sites for hydroxylation is 1. The summed E-state index contributed by atoms with van der Waals surface area (Å²) in [5, 5.41) is 15.2. The number of nitrogens with zero attached hydrogens (tertiary/aromatic N) is 3. The Kier molecular flexibility index (Phi) is 3.89. The number of nitro groups is 1. The molecule has 21 heavy (non-hydrogen) atoms. The molecule has 0 amide bonds. The summed E-state index contributed by atoms with van der Waals surface area (Å²) in [6.07, 6.45) is 0.942. The summed E-state index contributed by atoms with van der Waals surface area (Å²) < 4.78 is 25.9. The number of nitro benzene ring substituents is 1. The predicted molar refractivity (Wildman–Crippen MR) is 80.8 cm³/mol. The molecule has 1 aromatic heterocycles. The molecule has 1 heterocycles. The lowest BCUT2D eigenvalue weighted by Crippen LogP contribution is -2.03. The molecule has 0 spiro atoms. The van der Waals surface area contributed by atoms with Crippen LogP contribution in [0.1, 0.15) is 5.69 Å². The van der Waals surface area contributed by atoms with E-state index in [-0.39, 0.29) is 4.90 Å². The number of halogens is 1. The minimum absolute atomic E-state index is 0.319. The maximum atomic E-state index is 11.8. The quantitative estimate of drug-likeness (QED) is 0.608. The van der Waals surface area contributed by atoms with Crippen molar-refractivity contribution in [1.29, 1.82) is 0 Å². The van der Waals surface area contributed by atoms with E-state index in [1.165, 1.54) is 18.2 Å². The zero-order valence-corrected chi connectivity index (χ0v) is 13.9. The van der Waals surface area contributed by atoms with Gasteiger partial charge in [-0.15, -0.1) is 0 Å². The molecule has 0 fully saturated rings. The SMILES string of the molecule is Cc1c(Br)c(-c2ccc([N+](=O)[O-])c(S(C)(=O)=O)c2)nn1C. The lowest BCUT2D eigenvalue weighted by Gasteiger charge is -2.04. The molecular weight excluding hydrogens is 362 g/mol. The minimum Gasteiger partial charge on any atom is -0.271 e. The van der Waals surface area contributed by atoms with Crippen LogP contribution in [-0.4, -0.2) is 29.4 Å². The molecule has 2 aromatic rings. The number of aromatic nitrogens is 2. The van der Waals surface area contributed by atoms with E-state index in [0.29, 0.717) is 11.3 Å². The van der Waals surface area contributed by atoms with Gasteiger partial charge in [-0.2, -0.15) is 5.10 Å². The van der Waals surface area contributed by atoms with E-state index in [1.807, 2.05) is 6.92 Å². The van der Waals surface area contributed by atoms with Gasteiger partial charge in [-0.1, -0.05) is 0 Å². The molecule has 0 saturated carbocycles. The maximum absolute atomic E-state index is 11.8. The Morgan fingerprint density at radius 1 is 1.38 bits per heavy atom. The molecule has 0 aliphatic rings. The van der Waals surface area contributed by atoms with E-state index >= 15 is 0 Å². The van der Waals surface area contributed by atoms with Crippen LogP contribution in [0.15, 0.2) is 27.6 Å². The lowest BCUT2D eigenvalue weighted by molar-refractivity contribution is -0.387. The van der Waals surface area contributed by atoms with Gasteiger partial charge in [0.15, 0.2) is 9.84 Å². The number of benzene rings is 1. The van der Waals surface area contributed by atoms with Crippen molar-refractivity contribution in [3.8, 4) is 11.3 Å². The monoisotopic (exact) mass is 373 g/mol. The van der Waals surface area contributed by atoms with Crippen molar-refractivity contribution in [2.24, 2.45) is 7.05 Å². The molecule has 2 rings (SSSR count). The molecule has 0 N–H and O–H groups in total. The highest BCUT2D eigenvalue weighted by Crippen LogP contribution is 2.34. The zero-order valence-electron chi connectivity index (χ0n) is 11.5. The Morgan fingerprint density at radius 3 is 2.43 bits per heavy atom. The van der Waals surface area contributed by atoms with E-state index in [9.17, 15) is 18.5 Å². The van der Waals surface area contributed by atoms with Gasteiger partial charge in [0.25, 0.3) is 5.69 Å². The van der Waals surface area contributed by atoms with Gasteiger partial charge >= 0.3 is 0 Å². The van der Waals surface area contributed by atoms with Crippen LogP contribution in [-0.2, 0) is 16.9 Å². The number of sulfone groups is 1. The average molecular weight is 374 g/mol. The Labute approximate surface area is 129 Å². The number of hydrogen-bond acceptors (Lipinski definition) is 5. The van der Waals surface area contributed by atoms with Crippen molar-refractivity contribution in [3.05, 3.63) is 38.5 Å². The first kappa shape index (κ1) is 15.6. The first-order valence-electron chi connectivity index (χ1n) is 5.81. The zero-order chi connectivity index (χ0) is 15.9. The molecule has 0 saturated heterocycles. The largest absolute Gasteiger partial charge is 0.288 e. The Morgan fingerprint density at radius 2 is 2.00 bits per heavy atom. The molecule has 0 radical (unpaired) electrons. The van der Waals surface area contributed by atoms with Crippen LogP contribution < -0.4 is 0 Å². The molecule has 9 heteroatoms. The second-order valence-corrected chi connectivity index (χ2v) is 7.36. The topological polar surface area (TPSA) is 95.1 Å². The second-order valence-electron chi connectivity index (χ2n) is 4.58. The normalized spacial score (nSPS) is 11.6.